The monoisotopic (exact) mass is 339 g/mol. The normalized spacial score (nSPS) is 10.8. The number of rotatable bonds is 6. The summed E-state index contributed by atoms with van der Waals surface area (Å²) >= 11 is 0. The van der Waals surface area contributed by atoms with E-state index in [2.05, 4.69) is 4.98 Å². The van der Waals surface area contributed by atoms with Crippen molar-refractivity contribution < 1.29 is 14.6 Å². The number of nitrogens with zero attached hydrogens (tertiary/aromatic N) is 3. The number of hydrogen-bond acceptors (Lipinski definition) is 4. The fraction of sp³-hybridized carbons (Fsp3) is 0.263. The van der Waals surface area contributed by atoms with Crippen molar-refractivity contribution in [2.75, 3.05) is 14.2 Å². The molecule has 0 aliphatic carbocycles. The van der Waals surface area contributed by atoms with Crippen LogP contribution in [0.2, 0.25) is 0 Å². The van der Waals surface area contributed by atoms with Gasteiger partial charge in [-0.05, 0) is 29.8 Å². The Morgan fingerprint density at radius 2 is 2.04 bits per heavy atom. The number of hydrogen-bond donors (Lipinski definition) is 1. The molecular formula is C19H21N3O3. The van der Waals surface area contributed by atoms with Gasteiger partial charge in [0, 0.05) is 13.6 Å². The number of aromatic nitrogens is 2. The van der Waals surface area contributed by atoms with E-state index in [1.807, 2.05) is 48.5 Å². The molecule has 6 heteroatoms. The first-order valence-corrected chi connectivity index (χ1v) is 8.04. The molecular weight excluding hydrogens is 318 g/mol. The van der Waals surface area contributed by atoms with Crippen LogP contribution in [0.15, 0.2) is 48.5 Å². The average Bonchev–Trinajstić information content (AvgIpc) is 2.99. The number of para-hydroxylation sites is 2. The summed E-state index contributed by atoms with van der Waals surface area (Å²) in [6.07, 6.45) is 0. The van der Waals surface area contributed by atoms with Crippen LogP contribution >= 0.6 is 0 Å². The highest BCUT2D eigenvalue weighted by atomic mass is 16.5. The van der Waals surface area contributed by atoms with Crippen LogP contribution in [0.4, 0.5) is 0 Å². The number of methoxy groups -OCH3 is 1. The zero-order valence-electron chi connectivity index (χ0n) is 14.3. The maximum Gasteiger partial charge on any atom is 0.242 e. The molecule has 3 rings (SSSR count). The third kappa shape index (κ3) is 3.64. The van der Waals surface area contributed by atoms with Gasteiger partial charge in [-0.15, -0.1) is 0 Å². The summed E-state index contributed by atoms with van der Waals surface area (Å²) in [4.78, 5) is 18.7. The lowest BCUT2D eigenvalue weighted by atomic mass is 10.2. The first kappa shape index (κ1) is 17.0. The Bertz CT molecular complexity index is 889. The highest BCUT2D eigenvalue weighted by Crippen LogP contribution is 2.17. The fourth-order valence-corrected chi connectivity index (χ4v) is 2.81. The van der Waals surface area contributed by atoms with Crippen molar-refractivity contribution in [2.45, 2.75) is 19.7 Å². The number of carbonyl (C=O) groups excluding carboxylic acids is 1. The Hall–Kier alpha value is -2.86. The van der Waals surface area contributed by atoms with E-state index in [1.54, 1.807) is 23.6 Å². The molecule has 0 radical (unpaired) electrons. The fourth-order valence-electron chi connectivity index (χ4n) is 2.81. The molecule has 0 unspecified atom stereocenters. The standard InChI is InChI=1S/C19H21N3O3/c1-21(11-14-6-5-7-15(10-14)25-2)19(24)12-22-17-9-4-3-8-16(17)20-18(22)13-23/h3-10,23H,11-13H2,1-2H3. The Morgan fingerprint density at radius 3 is 2.80 bits per heavy atom. The van der Waals surface area contributed by atoms with Crippen LogP contribution in [0.5, 0.6) is 5.75 Å². The number of imidazole rings is 1. The Kier molecular flexibility index (Phi) is 5.00. The Morgan fingerprint density at radius 1 is 1.24 bits per heavy atom. The highest BCUT2D eigenvalue weighted by molar-refractivity contribution is 5.81. The smallest absolute Gasteiger partial charge is 0.242 e. The first-order valence-electron chi connectivity index (χ1n) is 8.04. The Labute approximate surface area is 146 Å². The predicted molar refractivity (Wildman–Crippen MR) is 95.1 cm³/mol. The van der Waals surface area contributed by atoms with Gasteiger partial charge in [0.05, 0.1) is 18.1 Å². The van der Waals surface area contributed by atoms with Gasteiger partial charge >= 0.3 is 0 Å². The Balaban J connectivity index is 1.77. The molecule has 25 heavy (non-hydrogen) atoms. The summed E-state index contributed by atoms with van der Waals surface area (Å²) in [5.74, 6) is 1.20. The van der Waals surface area contributed by atoms with Gasteiger partial charge in [0.1, 0.15) is 24.7 Å². The molecule has 1 N–H and O–H groups in total. The van der Waals surface area contributed by atoms with Gasteiger partial charge < -0.3 is 19.3 Å². The molecule has 3 aromatic rings. The predicted octanol–water partition coefficient (Wildman–Crippen LogP) is 2.20. The van der Waals surface area contributed by atoms with E-state index in [1.165, 1.54) is 0 Å². The molecule has 6 nitrogen and oxygen atoms in total. The van der Waals surface area contributed by atoms with Crippen molar-refractivity contribution in [3.8, 4) is 5.75 Å². The minimum Gasteiger partial charge on any atom is -0.497 e. The number of aliphatic hydroxyl groups excluding tert-OH is 1. The van der Waals surface area contributed by atoms with Crippen molar-refractivity contribution >= 4 is 16.9 Å². The van der Waals surface area contributed by atoms with E-state index in [9.17, 15) is 9.90 Å². The van der Waals surface area contributed by atoms with E-state index >= 15 is 0 Å². The summed E-state index contributed by atoms with van der Waals surface area (Å²) in [6.45, 7) is 0.412. The third-order valence-corrected chi connectivity index (χ3v) is 4.15. The molecule has 0 fully saturated rings. The van der Waals surface area contributed by atoms with Gasteiger partial charge in [0.25, 0.3) is 0 Å². The lowest BCUT2D eigenvalue weighted by molar-refractivity contribution is -0.131. The summed E-state index contributed by atoms with van der Waals surface area (Å²) < 4.78 is 6.98. The lowest BCUT2D eigenvalue weighted by Gasteiger charge is -2.19. The van der Waals surface area contributed by atoms with E-state index in [4.69, 9.17) is 4.74 Å². The molecule has 1 amide bonds. The highest BCUT2D eigenvalue weighted by Gasteiger charge is 2.16. The van der Waals surface area contributed by atoms with Gasteiger partial charge in [0.15, 0.2) is 0 Å². The van der Waals surface area contributed by atoms with Crippen LogP contribution in [0.3, 0.4) is 0 Å². The summed E-state index contributed by atoms with van der Waals surface area (Å²) in [5.41, 5.74) is 2.61. The van der Waals surface area contributed by atoms with Crippen LogP contribution < -0.4 is 4.74 Å². The number of aliphatic hydroxyl groups is 1. The van der Waals surface area contributed by atoms with Crippen molar-refractivity contribution in [3.05, 3.63) is 59.9 Å². The zero-order valence-corrected chi connectivity index (χ0v) is 14.3. The van der Waals surface area contributed by atoms with Crippen LogP contribution in [-0.4, -0.2) is 39.6 Å². The molecule has 0 aliphatic heterocycles. The van der Waals surface area contributed by atoms with E-state index in [0.717, 1.165) is 22.3 Å². The number of carbonyl (C=O) groups is 1. The molecule has 1 aromatic heterocycles. The molecule has 0 aliphatic rings. The van der Waals surface area contributed by atoms with Crippen LogP contribution in [0.1, 0.15) is 11.4 Å². The second kappa shape index (κ2) is 7.36. The number of ether oxygens (including phenoxy) is 1. The summed E-state index contributed by atoms with van der Waals surface area (Å²) in [6, 6.07) is 15.2. The summed E-state index contributed by atoms with van der Waals surface area (Å²) in [5, 5.41) is 9.54. The van der Waals surface area contributed by atoms with Crippen LogP contribution in [0.25, 0.3) is 11.0 Å². The largest absolute Gasteiger partial charge is 0.497 e. The van der Waals surface area contributed by atoms with E-state index < -0.39 is 0 Å². The molecule has 0 atom stereocenters. The molecule has 0 saturated carbocycles. The van der Waals surface area contributed by atoms with Gasteiger partial charge in [-0.3, -0.25) is 4.79 Å². The number of amides is 1. The molecule has 130 valence electrons. The second-order valence-corrected chi connectivity index (χ2v) is 5.86. The lowest BCUT2D eigenvalue weighted by Crippen LogP contribution is -2.30. The zero-order chi connectivity index (χ0) is 17.8. The van der Waals surface area contributed by atoms with Crippen LogP contribution in [-0.2, 0) is 24.5 Å². The van der Waals surface area contributed by atoms with Gasteiger partial charge in [-0.25, -0.2) is 4.98 Å². The van der Waals surface area contributed by atoms with Crippen molar-refractivity contribution in [3.63, 3.8) is 0 Å². The third-order valence-electron chi connectivity index (χ3n) is 4.15. The van der Waals surface area contributed by atoms with E-state index in [-0.39, 0.29) is 19.1 Å². The van der Waals surface area contributed by atoms with Gasteiger partial charge in [-0.1, -0.05) is 24.3 Å². The van der Waals surface area contributed by atoms with Crippen LogP contribution in [0, 0.1) is 0 Å². The first-order chi connectivity index (χ1) is 12.1. The maximum atomic E-state index is 12.6. The topological polar surface area (TPSA) is 67.6 Å². The minimum atomic E-state index is -0.207. The molecule has 1 heterocycles. The number of benzene rings is 2. The van der Waals surface area contributed by atoms with Gasteiger partial charge in [0.2, 0.25) is 5.91 Å². The summed E-state index contributed by atoms with van der Waals surface area (Å²) in [7, 11) is 3.38. The van der Waals surface area contributed by atoms with Crippen molar-refractivity contribution in [1.82, 2.24) is 14.5 Å². The minimum absolute atomic E-state index is 0.0549. The second-order valence-electron chi connectivity index (χ2n) is 5.86. The van der Waals surface area contributed by atoms with E-state index in [0.29, 0.717) is 12.4 Å². The molecule has 0 spiro atoms. The number of likely N-dealkylation sites (N-methyl/N-ethyl adjacent to an activating group) is 1. The quantitative estimate of drug-likeness (QED) is 0.747. The molecule has 0 saturated heterocycles. The van der Waals surface area contributed by atoms with Gasteiger partial charge in [-0.2, -0.15) is 0 Å². The molecule has 0 bridgehead atoms. The van der Waals surface area contributed by atoms with Crippen molar-refractivity contribution in [2.24, 2.45) is 0 Å². The SMILES string of the molecule is COc1cccc(CN(C)C(=O)Cn2c(CO)nc3ccccc32)c1. The number of fused-ring (bicyclic) bond motifs is 1. The van der Waals surface area contributed by atoms with Crippen molar-refractivity contribution in [1.29, 1.82) is 0 Å². The molecule has 2 aromatic carbocycles. The average molecular weight is 339 g/mol. The maximum absolute atomic E-state index is 12.6.